The van der Waals surface area contributed by atoms with Crippen molar-refractivity contribution in [3.05, 3.63) is 36.2 Å². The molecule has 0 bridgehead atoms. The lowest BCUT2D eigenvalue weighted by atomic mass is 10.3. The summed E-state index contributed by atoms with van der Waals surface area (Å²) in [7, 11) is 0. The second-order valence-electron chi connectivity index (χ2n) is 3.09. The van der Waals surface area contributed by atoms with Crippen molar-refractivity contribution in [1.29, 1.82) is 0 Å². The number of nitrogens with zero attached hydrogens (tertiary/aromatic N) is 1. The molecule has 6 heteroatoms. The molecule has 4 N–H and O–H groups in total. The number of hydrogen-bond donors (Lipinski definition) is 3. The normalized spacial score (nSPS) is 10.0. The van der Waals surface area contributed by atoms with Crippen molar-refractivity contribution in [3.8, 4) is 0 Å². The summed E-state index contributed by atoms with van der Waals surface area (Å²) in [5.74, 6) is -1.13. The van der Waals surface area contributed by atoms with E-state index < -0.39 is 5.97 Å². The SMILES string of the molecule is Nc1cccc(Nc2nc(C(=O)O)co2)c1. The number of benzene rings is 1. The Morgan fingerprint density at radius 1 is 1.50 bits per heavy atom. The summed E-state index contributed by atoms with van der Waals surface area (Å²) in [6.07, 6.45) is 1.07. The molecular formula is C10H9N3O3. The predicted octanol–water partition coefficient (Wildman–Crippen LogP) is 1.70. The molecular weight excluding hydrogens is 210 g/mol. The second kappa shape index (κ2) is 3.93. The maximum absolute atomic E-state index is 10.6. The van der Waals surface area contributed by atoms with E-state index in [4.69, 9.17) is 15.3 Å². The molecule has 0 amide bonds. The Kier molecular flexibility index (Phi) is 2.47. The van der Waals surface area contributed by atoms with E-state index in [1.165, 1.54) is 0 Å². The summed E-state index contributed by atoms with van der Waals surface area (Å²) in [6, 6.07) is 7.07. The first-order valence-corrected chi connectivity index (χ1v) is 4.46. The number of aromatic nitrogens is 1. The van der Waals surface area contributed by atoms with Crippen LogP contribution in [0.1, 0.15) is 10.5 Å². The lowest BCUT2D eigenvalue weighted by molar-refractivity contribution is 0.0690. The average molecular weight is 219 g/mol. The number of nitrogens with one attached hydrogen (secondary N) is 1. The Balaban J connectivity index is 2.17. The van der Waals surface area contributed by atoms with Gasteiger partial charge in [0.1, 0.15) is 6.26 Å². The minimum absolute atomic E-state index is 0.114. The Labute approximate surface area is 90.7 Å². The molecule has 0 unspecified atom stereocenters. The highest BCUT2D eigenvalue weighted by Crippen LogP contribution is 2.17. The van der Waals surface area contributed by atoms with E-state index in [0.29, 0.717) is 11.4 Å². The Morgan fingerprint density at radius 2 is 2.31 bits per heavy atom. The largest absolute Gasteiger partial charge is 0.476 e. The van der Waals surface area contributed by atoms with Crippen molar-refractivity contribution in [2.24, 2.45) is 0 Å². The van der Waals surface area contributed by atoms with Gasteiger partial charge in [-0.2, -0.15) is 4.98 Å². The molecule has 0 fully saturated rings. The number of rotatable bonds is 3. The first-order valence-electron chi connectivity index (χ1n) is 4.46. The van der Waals surface area contributed by atoms with E-state index in [1.807, 2.05) is 0 Å². The van der Waals surface area contributed by atoms with Crippen molar-refractivity contribution in [2.75, 3.05) is 11.1 Å². The molecule has 0 aliphatic carbocycles. The van der Waals surface area contributed by atoms with Crippen LogP contribution >= 0.6 is 0 Å². The molecule has 2 rings (SSSR count). The summed E-state index contributed by atoms with van der Waals surface area (Å²) in [4.78, 5) is 14.3. The van der Waals surface area contributed by atoms with Crippen molar-refractivity contribution in [2.45, 2.75) is 0 Å². The first-order chi connectivity index (χ1) is 7.65. The fourth-order valence-corrected chi connectivity index (χ4v) is 1.17. The zero-order chi connectivity index (χ0) is 11.5. The highest BCUT2D eigenvalue weighted by molar-refractivity contribution is 5.85. The van der Waals surface area contributed by atoms with Gasteiger partial charge >= 0.3 is 5.97 Å². The lowest BCUT2D eigenvalue weighted by Crippen LogP contribution is -1.97. The topological polar surface area (TPSA) is 101 Å². The van der Waals surface area contributed by atoms with Gasteiger partial charge in [-0.1, -0.05) is 6.07 Å². The van der Waals surface area contributed by atoms with E-state index in [1.54, 1.807) is 24.3 Å². The van der Waals surface area contributed by atoms with Gasteiger partial charge in [-0.3, -0.25) is 0 Å². The van der Waals surface area contributed by atoms with Gasteiger partial charge in [-0.15, -0.1) is 0 Å². The molecule has 6 nitrogen and oxygen atoms in total. The summed E-state index contributed by atoms with van der Waals surface area (Å²) in [5, 5.41) is 11.4. The van der Waals surface area contributed by atoms with Crippen molar-refractivity contribution >= 4 is 23.4 Å². The van der Waals surface area contributed by atoms with Crippen molar-refractivity contribution < 1.29 is 14.3 Å². The van der Waals surface area contributed by atoms with Gasteiger partial charge in [0, 0.05) is 11.4 Å². The van der Waals surface area contributed by atoms with Crippen molar-refractivity contribution in [3.63, 3.8) is 0 Å². The molecule has 1 aromatic carbocycles. The van der Waals surface area contributed by atoms with Crippen LogP contribution in [0.5, 0.6) is 0 Å². The Bertz CT molecular complexity index is 522. The summed E-state index contributed by atoms with van der Waals surface area (Å²) >= 11 is 0. The van der Waals surface area contributed by atoms with Crippen LogP contribution in [0.2, 0.25) is 0 Å². The highest BCUT2D eigenvalue weighted by Gasteiger charge is 2.10. The van der Waals surface area contributed by atoms with Crippen LogP contribution in [0.15, 0.2) is 34.9 Å². The average Bonchev–Trinajstić information content (AvgIpc) is 2.66. The van der Waals surface area contributed by atoms with Gasteiger partial charge in [-0.25, -0.2) is 4.79 Å². The van der Waals surface area contributed by atoms with Crippen LogP contribution < -0.4 is 11.1 Å². The molecule has 0 aliphatic heterocycles. The molecule has 16 heavy (non-hydrogen) atoms. The molecule has 82 valence electrons. The van der Waals surface area contributed by atoms with Gasteiger partial charge in [0.05, 0.1) is 0 Å². The van der Waals surface area contributed by atoms with E-state index in [2.05, 4.69) is 10.3 Å². The molecule has 0 saturated heterocycles. The van der Waals surface area contributed by atoms with E-state index in [0.717, 1.165) is 6.26 Å². The van der Waals surface area contributed by atoms with Gasteiger partial charge < -0.3 is 20.6 Å². The van der Waals surface area contributed by atoms with Crippen LogP contribution in [0.4, 0.5) is 17.4 Å². The predicted molar refractivity (Wildman–Crippen MR) is 57.6 cm³/mol. The number of oxazole rings is 1. The maximum Gasteiger partial charge on any atom is 0.357 e. The first kappa shape index (κ1) is 10.0. The summed E-state index contributed by atoms with van der Waals surface area (Å²) in [5.41, 5.74) is 6.71. The van der Waals surface area contributed by atoms with Crippen molar-refractivity contribution in [1.82, 2.24) is 4.98 Å². The number of carbonyl (C=O) groups is 1. The zero-order valence-corrected chi connectivity index (χ0v) is 8.18. The molecule has 0 aliphatic rings. The monoisotopic (exact) mass is 219 g/mol. The van der Waals surface area contributed by atoms with Crippen LogP contribution in [0, 0.1) is 0 Å². The third-order valence-electron chi connectivity index (χ3n) is 1.86. The summed E-state index contributed by atoms with van der Waals surface area (Å²) in [6.45, 7) is 0. The molecule has 0 radical (unpaired) electrons. The molecule has 0 spiro atoms. The lowest BCUT2D eigenvalue weighted by Gasteiger charge is -2.01. The van der Waals surface area contributed by atoms with Gasteiger partial charge in [-0.05, 0) is 18.2 Å². The van der Waals surface area contributed by atoms with Crippen LogP contribution in [0.25, 0.3) is 0 Å². The van der Waals surface area contributed by atoms with E-state index >= 15 is 0 Å². The number of carboxylic acids is 1. The Morgan fingerprint density at radius 3 is 2.94 bits per heavy atom. The standard InChI is InChI=1S/C10H9N3O3/c11-6-2-1-3-7(4-6)12-10-13-8(5-16-10)9(14)15/h1-5H,11H2,(H,12,13)(H,14,15). The molecule has 0 atom stereocenters. The smallest absolute Gasteiger partial charge is 0.357 e. The van der Waals surface area contributed by atoms with Gasteiger partial charge in [0.2, 0.25) is 0 Å². The highest BCUT2D eigenvalue weighted by atomic mass is 16.4. The Hall–Kier alpha value is -2.50. The van der Waals surface area contributed by atoms with E-state index in [-0.39, 0.29) is 11.7 Å². The van der Waals surface area contributed by atoms with Crippen LogP contribution in [-0.4, -0.2) is 16.1 Å². The number of anilines is 3. The van der Waals surface area contributed by atoms with E-state index in [9.17, 15) is 4.79 Å². The zero-order valence-electron chi connectivity index (χ0n) is 8.18. The van der Waals surface area contributed by atoms with Crippen LogP contribution in [0.3, 0.4) is 0 Å². The van der Waals surface area contributed by atoms with Gasteiger partial charge in [0.25, 0.3) is 6.01 Å². The third kappa shape index (κ3) is 2.11. The molecule has 1 aromatic heterocycles. The number of carboxylic acid groups (broad SMARTS) is 1. The fraction of sp³-hybridized carbons (Fsp3) is 0. The van der Waals surface area contributed by atoms with Gasteiger partial charge in [0.15, 0.2) is 5.69 Å². The second-order valence-corrected chi connectivity index (χ2v) is 3.09. The molecule has 2 aromatic rings. The number of aromatic carboxylic acids is 1. The fourth-order valence-electron chi connectivity index (χ4n) is 1.17. The van der Waals surface area contributed by atoms with Crippen LogP contribution in [-0.2, 0) is 0 Å². The minimum atomic E-state index is -1.13. The molecule has 0 saturated carbocycles. The number of nitrogens with two attached hydrogens (primary N) is 1. The maximum atomic E-state index is 10.6. The summed E-state index contributed by atoms with van der Waals surface area (Å²) < 4.78 is 4.93. The quantitative estimate of drug-likeness (QED) is 0.679. The number of hydrogen-bond acceptors (Lipinski definition) is 5. The number of nitrogen functional groups attached to an aromatic ring is 1. The molecule has 1 heterocycles. The third-order valence-corrected chi connectivity index (χ3v) is 1.86. The minimum Gasteiger partial charge on any atom is -0.476 e.